The van der Waals surface area contributed by atoms with Crippen LogP contribution in [0.25, 0.3) is 0 Å². The first-order valence-corrected chi connectivity index (χ1v) is 7.10. The smallest absolute Gasteiger partial charge is 0.321 e. The Morgan fingerprint density at radius 3 is 2.14 bits per heavy atom. The summed E-state index contributed by atoms with van der Waals surface area (Å²) in [4.78, 5) is 36.3. The van der Waals surface area contributed by atoms with Crippen LogP contribution in [0.4, 0.5) is 4.79 Å². The van der Waals surface area contributed by atoms with Gasteiger partial charge in [0, 0.05) is 5.54 Å². The maximum absolute atomic E-state index is 11.8. The van der Waals surface area contributed by atoms with Crippen molar-refractivity contribution >= 4 is 17.9 Å². The summed E-state index contributed by atoms with van der Waals surface area (Å²) in [5.74, 6) is -1.17. The lowest BCUT2D eigenvalue weighted by atomic mass is 9.80. The zero-order chi connectivity index (χ0) is 16.3. The third kappa shape index (κ3) is 5.71. The molecule has 1 aliphatic heterocycles. The highest BCUT2D eigenvalue weighted by atomic mass is 16.4. The lowest BCUT2D eigenvalue weighted by Crippen LogP contribution is -2.51. The molecule has 0 atom stereocenters. The van der Waals surface area contributed by atoms with Gasteiger partial charge in [-0.25, -0.2) is 4.79 Å². The molecule has 120 valence electrons. The average molecular weight is 299 g/mol. The molecule has 3 amide bonds. The third-order valence-corrected chi connectivity index (χ3v) is 3.58. The Morgan fingerprint density at radius 1 is 1.19 bits per heavy atom. The Morgan fingerprint density at radius 2 is 1.71 bits per heavy atom. The van der Waals surface area contributed by atoms with Crippen molar-refractivity contribution in [3.63, 3.8) is 0 Å². The number of aliphatic carboxylic acids is 1. The fraction of sp³-hybridized carbons (Fsp3) is 0.786. The highest BCUT2D eigenvalue weighted by molar-refractivity contribution is 5.95. The largest absolute Gasteiger partial charge is 0.481 e. The van der Waals surface area contributed by atoms with E-state index in [1.54, 1.807) is 6.92 Å². The summed E-state index contributed by atoms with van der Waals surface area (Å²) < 4.78 is 0. The number of carbonyl (C=O) groups is 3. The molecule has 1 aliphatic rings. The van der Waals surface area contributed by atoms with Gasteiger partial charge < -0.3 is 10.4 Å². The van der Waals surface area contributed by atoms with E-state index >= 15 is 0 Å². The topological polar surface area (TPSA) is 98.7 Å². The first kappa shape index (κ1) is 17.4. The number of hydrogen-bond acceptors (Lipinski definition) is 4. The first-order chi connectivity index (χ1) is 9.52. The van der Waals surface area contributed by atoms with E-state index in [0.29, 0.717) is 25.9 Å². The van der Waals surface area contributed by atoms with Crippen LogP contribution < -0.4 is 10.6 Å². The van der Waals surface area contributed by atoms with Gasteiger partial charge >= 0.3 is 12.0 Å². The molecular formula is C14H25N3O4. The summed E-state index contributed by atoms with van der Waals surface area (Å²) in [5.41, 5.74) is -1.12. The minimum Gasteiger partial charge on any atom is -0.481 e. The summed E-state index contributed by atoms with van der Waals surface area (Å²) in [7, 11) is 0. The van der Waals surface area contributed by atoms with Crippen molar-refractivity contribution in [3.05, 3.63) is 0 Å². The maximum atomic E-state index is 11.8. The molecule has 0 unspecified atom stereocenters. The molecule has 1 heterocycles. The number of amides is 3. The number of carboxylic acid groups (broad SMARTS) is 1. The van der Waals surface area contributed by atoms with Gasteiger partial charge in [0.2, 0.25) is 5.91 Å². The van der Waals surface area contributed by atoms with E-state index in [4.69, 9.17) is 5.11 Å². The van der Waals surface area contributed by atoms with Gasteiger partial charge in [0.15, 0.2) is 0 Å². The Labute approximate surface area is 125 Å². The molecule has 0 bridgehead atoms. The predicted octanol–water partition coefficient (Wildman–Crippen LogP) is 0.797. The number of nitrogens with one attached hydrogen (secondary N) is 2. The number of hydrogen-bond donors (Lipinski definition) is 3. The van der Waals surface area contributed by atoms with Crippen LogP contribution >= 0.6 is 0 Å². The predicted molar refractivity (Wildman–Crippen MR) is 77.8 cm³/mol. The van der Waals surface area contributed by atoms with Crippen molar-refractivity contribution in [1.82, 2.24) is 15.5 Å². The van der Waals surface area contributed by atoms with Crippen molar-refractivity contribution in [2.24, 2.45) is 5.41 Å². The molecule has 0 radical (unpaired) electrons. The Hall–Kier alpha value is -1.63. The molecule has 3 N–H and O–H groups in total. The van der Waals surface area contributed by atoms with Crippen molar-refractivity contribution in [2.75, 3.05) is 19.6 Å². The second-order valence-electron chi connectivity index (χ2n) is 6.89. The molecule has 0 spiro atoms. The van der Waals surface area contributed by atoms with E-state index in [2.05, 4.69) is 10.6 Å². The monoisotopic (exact) mass is 299 g/mol. The fourth-order valence-electron chi connectivity index (χ4n) is 2.16. The molecule has 21 heavy (non-hydrogen) atoms. The quantitative estimate of drug-likeness (QED) is 0.716. The van der Waals surface area contributed by atoms with E-state index in [1.165, 1.54) is 0 Å². The van der Waals surface area contributed by atoms with E-state index in [1.807, 2.05) is 25.7 Å². The normalized spacial score (nSPS) is 18.9. The van der Waals surface area contributed by atoms with E-state index in [-0.39, 0.29) is 12.5 Å². The Kier molecular flexibility index (Phi) is 5.33. The van der Waals surface area contributed by atoms with Crippen LogP contribution in [0.2, 0.25) is 0 Å². The van der Waals surface area contributed by atoms with Gasteiger partial charge in [0.25, 0.3) is 0 Å². The number of carboxylic acids is 1. The van der Waals surface area contributed by atoms with Gasteiger partial charge in [-0.3, -0.25) is 19.8 Å². The summed E-state index contributed by atoms with van der Waals surface area (Å²) in [6, 6.07) is -0.514. The molecule has 0 saturated carbocycles. The number of urea groups is 1. The van der Waals surface area contributed by atoms with Crippen LogP contribution in [-0.2, 0) is 9.59 Å². The van der Waals surface area contributed by atoms with Crippen molar-refractivity contribution in [2.45, 2.75) is 46.1 Å². The van der Waals surface area contributed by atoms with E-state index < -0.39 is 23.0 Å². The molecule has 7 nitrogen and oxygen atoms in total. The molecule has 0 aliphatic carbocycles. The number of piperidine rings is 1. The van der Waals surface area contributed by atoms with Crippen molar-refractivity contribution in [3.8, 4) is 0 Å². The summed E-state index contributed by atoms with van der Waals surface area (Å²) in [6.07, 6.45) is 1.01. The molecule has 0 aromatic carbocycles. The van der Waals surface area contributed by atoms with Crippen LogP contribution in [0.15, 0.2) is 0 Å². The molecule has 0 aromatic heterocycles. The van der Waals surface area contributed by atoms with E-state index in [9.17, 15) is 14.4 Å². The second-order valence-corrected chi connectivity index (χ2v) is 6.89. The SMILES string of the molecule is CC(C)(C)NC(=O)NC(=O)CN1CCC(C)(C(=O)O)CC1. The zero-order valence-electron chi connectivity index (χ0n) is 13.2. The lowest BCUT2D eigenvalue weighted by molar-refractivity contribution is -0.150. The molecular weight excluding hydrogens is 274 g/mol. The maximum Gasteiger partial charge on any atom is 0.321 e. The van der Waals surface area contributed by atoms with Crippen LogP contribution in [0.1, 0.15) is 40.5 Å². The van der Waals surface area contributed by atoms with Gasteiger partial charge in [0.1, 0.15) is 0 Å². The number of imide groups is 1. The number of rotatable bonds is 3. The molecule has 1 fully saturated rings. The summed E-state index contributed by atoms with van der Waals surface area (Å²) >= 11 is 0. The molecule has 7 heteroatoms. The highest BCUT2D eigenvalue weighted by Gasteiger charge is 2.37. The number of carbonyl (C=O) groups excluding carboxylic acids is 2. The van der Waals surface area contributed by atoms with Gasteiger partial charge in [-0.15, -0.1) is 0 Å². The minimum atomic E-state index is -0.795. The van der Waals surface area contributed by atoms with Gasteiger partial charge in [-0.05, 0) is 53.6 Å². The zero-order valence-corrected chi connectivity index (χ0v) is 13.2. The van der Waals surface area contributed by atoms with Gasteiger partial charge in [0.05, 0.1) is 12.0 Å². The molecule has 1 rings (SSSR count). The third-order valence-electron chi connectivity index (χ3n) is 3.58. The van der Waals surface area contributed by atoms with Crippen molar-refractivity contribution < 1.29 is 19.5 Å². The standard InChI is InChI=1S/C14H25N3O4/c1-13(2,3)16-12(21)15-10(18)9-17-7-5-14(4,6-8-17)11(19)20/h5-9H2,1-4H3,(H,19,20)(H2,15,16,18,21). The summed E-state index contributed by atoms with van der Waals surface area (Å²) in [6.45, 7) is 8.39. The Balaban J connectivity index is 2.37. The van der Waals surface area contributed by atoms with Gasteiger partial charge in [-0.2, -0.15) is 0 Å². The van der Waals surface area contributed by atoms with E-state index in [0.717, 1.165) is 0 Å². The van der Waals surface area contributed by atoms with Crippen LogP contribution in [0, 0.1) is 5.41 Å². The van der Waals surface area contributed by atoms with Gasteiger partial charge in [-0.1, -0.05) is 0 Å². The number of likely N-dealkylation sites (tertiary alicyclic amines) is 1. The first-order valence-electron chi connectivity index (χ1n) is 7.10. The minimum absolute atomic E-state index is 0.104. The van der Waals surface area contributed by atoms with Crippen molar-refractivity contribution in [1.29, 1.82) is 0 Å². The van der Waals surface area contributed by atoms with Crippen LogP contribution in [-0.4, -0.2) is 53.1 Å². The van der Waals surface area contributed by atoms with Crippen LogP contribution in [0.5, 0.6) is 0 Å². The molecule has 0 aromatic rings. The molecule has 1 saturated heterocycles. The number of nitrogens with zero attached hydrogens (tertiary/aromatic N) is 1. The Bertz CT molecular complexity index is 420. The second kappa shape index (κ2) is 6.43. The summed E-state index contributed by atoms with van der Waals surface area (Å²) in [5, 5.41) is 14.1. The fourth-order valence-corrected chi connectivity index (χ4v) is 2.16. The van der Waals surface area contributed by atoms with Crippen LogP contribution in [0.3, 0.4) is 0 Å². The average Bonchev–Trinajstić information content (AvgIpc) is 2.29. The lowest BCUT2D eigenvalue weighted by Gasteiger charge is -2.35. The highest BCUT2D eigenvalue weighted by Crippen LogP contribution is 2.30.